The van der Waals surface area contributed by atoms with Crippen LogP contribution in [0.3, 0.4) is 0 Å². The van der Waals surface area contributed by atoms with Crippen LogP contribution in [0.2, 0.25) is 0 Å². The largest absolute Gasteiger partial charge is 0.489 e. The standard InChI is InChI=1S/C15H13FN2O6S.C15H15FN2O4S/c16-10-1-4-13(5-2-10)25(22,23)17-12(8-19)9-24-15-6-3-11(18(20)21)7-14(15)17;16-10-1-4-13(5-2-10)23(20,21)18-12(8-19)9-22-15-6-3-11(17)7-14(15)18/h1-7,12,19H,8-9H2;1-7,12,19H,8-9,17H2. The lowest BCUT2D eigenvalue weighted by Crippen LogP contribution is -2.48. The molecule has 0 bridgehead atoms. The molecule has 0 fully saturated rings. The fourth-order valence-electron chi connectivity index (χ4n) is 4.99. The number of hydrogen-bond acceptors (Lipinski definition) is 11. The summed E-state index contributed by atoms with van der Waals surface area (Å²) in [5.74, 6) is -0.638. The lowest BCUT2D eigenvalue weighted by Gasteiger charge is -2.36. The summed E-state index contributed by atoms with van der Waals surface area (Å²) in [6, 6.07) is 15.1. The van der Waals surface area contributed by atoms with Crippen molar-refractivity contribution in [3.63, 3.8) is 0 Å². The van der Waals surface area contributed by atoms with Gasteiger partial charge in [-0.3, -0.25) is 18.7 Å². The predicted molar refractivity (Wildman–Crippen MR) is 169 cm³/mol. The lowest BCUT2D eigenvalue weighted by molar-refractivity contribution is -0.384. The maximum atomic E-state index is 13.1. The number of anilines is 3. The summed E-state index contributed by atoms with van der Waals surface area (Å²) in [6.45, 7) is -1.09. The topological polar surface area (TPSA) is 203 Å². The molecule has 0 radical (unpaired) electrons. The number of nitrogens with two attached hydrogens (primary N) is 1. The van der Waals surface area contributed by atoms with Crippen molar-refractivity contribution in [2.24, 2.45) is 0 Å². The van der Waals surface area contributed by atoms with Crippen LogP contribution in [-0.4, -0.2) is 70.5 Å². The summed E-state index contributed by atoms with van der Waals surface area (Å²) < 4.78 is 90.8. The molecule has 0 aromatic heterocycles. The SMILES string of the molecule is Nc1ccc2c(c1)N(S(=O)(=O)c1ccc(F)cc1)C(CO)CO2.O=[N+]([O-])c1ccc2c(c1)N(S(=O)(=O)c1ccc(F)cc1)C(CO)CO2. The number of benzene rings is 4. The number of halogens is 2. The first-order valence-corrected chi connectivity index (χ1v) is 16.9. The van der Waals surface area contributed by atoms with E-state index in [4.69, 9.17) is 15.2 Å². The van der Waals surface area contributed by atoms with Gasteiger partial charge in [0.1, 0.15) is 54.1 Å². The molecule has 4 aromatic rings. The molecule has 0 saturated carbocycles. The Morgan fingerprint density at radius 3 is 1.56 bits per heavy atom. The normalized spacial score (nSPS) is 17.2. The van der Waals surface area contributed by atoms with Crippen LogP contribution in [0, 0.1) is 21.7 Å². The summed E-state index contributed by atoms with van der Waals surface area (Å²) in [6.07, 6.45) is 0. The molecular formula is C30H28F2N4O10S2. The molecule has 0 saturated heterocycles. The van der Waals surface area contributed by atoms with Gasteiger partial charge >= 0.3 is 0 Å². The quantitative estimate of drug-likeness (QED) is 0.145. The van der Waals surface area contributed by atoms with Crippen molar-refractivity contribution in [1.29, 1.82) is 0 Å². The van der Waals surface area contributed by atoms with Crippen LogP contribution >= 0.6 is 0 Å². The first kappa shape index (κ1) is 34.3. The van der Waals surface area contributed by atoms with Gasteiger partial charge in [-0.1, -0.05) is 0 Å². The minimum absolute atomic E-state index is 0.00778. The second kappa shape index (κ2) is 13.6. The number of nitrogens with zero attached hydrogens (tertiary/aromatic N) is 3. The summed E-state index contributed by atoms with van der Waals surface area (Å²) >= 11 is 0. The molecule has 4 aromatic carbocycles. The Labute approximate surface area is 273 Å². The number of aliphatic hydroxyl groups excluding tert-OH is 2. The van der Waals surface area contributed by atoms with E-state index in [1.807, 2.05) is 0 Å². The van der Waals surface area contributed by atoms with Gasteiger partial charge < -0.3 is 25.4 Å². The maximum absolute atomic E-state index is 13.1. The van der Waals surface area contributed by atoms with E-state index in [9.17, 15) is 45.9 Å². The Kier molecular flexibility index (Phi) is 9.71. The zero-order chi connectivity index (χ0) is 34.8. The number of sulfonamides is 2. The molecule has 254 valence electrons. The van der Waals surface area contributed by atoms with Crippen molar-refractivity contribution >= 4 is 42.8 Å². The number of hydrogen-bond donors (Lipinski definition) is 3. The average molecular weight is 707 g/mol. The third kappa shape index (κ3) is 6.68. The second-order valence-electron chi connectivity index (χ2n) is 10.4. The summed E-state index contributed by atoms with van der Waals surface area (Å²) in [7, 11) is -8.19. The van der Waals surface area contributed by atoms with E-state index in [-0.39, 0.29) is 45.8 Å². The highest BCUT2D eigenvalue weighted by Gasteiger charge is 2.39. The van der Waals surface area contributed by atoms with Crippen LogP contribution in [0.5, 0.6) is 11.5 Å². The molecule has 0 aliphatic carbocycles. The van der Waals surface area contributed by atoms with Crippen LogP contribution < -0.4 is 23.8 Å². The van der Waals surface area contributed by atoms with Gasteiger partial charge in [-0.05, 0) is 72.8 Å². The molecule has 6 rings (SSSR count). The molecule has 0 amide bonds. The van der Waals surface area contributed by atoms with E-state index in [1.54, 1.807) is 12.1 Å². The van der Waals surface area contributed by atoms with Crippen molar-refractivity contribution in [2.45, 2.75) is 21.9 Å². The molecule has 18 heteroatoms. The average Bonchev–Trinajstić information content (AvgIpc) is 3.07. The van der Waals surface area contributed by atoms with Crippen LogP contribution in [0.1, 0.15) is 0 Å². The van der Waals surface area contributed by atoms with Gasteiger partial charge in [-0.25, -0.2) is 25.6 Å². The molecule has 2 unspecified atom stereocenters. The van der Waals surface area contributed by atoms with Gasteiger partial charge in [0.15, 0.2) is 0 Å². The Bertz CT molecular complexity index is 2030. The number of rotatable bonds is 7. The summed E-state index contributed by atoms with van der Waals surface area (Å²) in [5.41, 5.74) is 5.99. The van der Waals surface area contributed by atoms with Crippen molar-refractivity contribution in [1.82, 2.24) is 0 Å². The number of nitro benzene ring substituents is 1. The number of aliphatic hydroxyl groups is 2. The Morgan fingerprint density at radius 1 is 0.729 bits per heavy atom. The smallest absolute Gasteiger partial charge is 0.271 e. The van der Waals surface area contributed by atoms with Crippen molar-refractivity contribution in [3.8, 4) is 11.5 Å². The third-order valence-corrected chi connectivity index (χ3v) is 11.1. The van der Waals surface area contributed by atoms with Crippen LogP contribution in [-0.2, 0) is 20.0 Å². The van der Waals surface area contributed by atoms with Crippen molar-refractivity contribution < 1.29 is 50.2 Å². The lowest BCUT2D eigenvalue weighted by atomic mass is 10.2. The van der Waals surface area contributed by atoms with Crippen LogP contribution in [0.15, 0.2) is 94.7 Å². The fraction of sp³-hybridized carbons (Fsp3) is 0.200. The molecule has 2 aliphatic heterocycles. The van der Waals surface area contributed by atoms with Crippen LogP contribution in [0.4, 0.5) is 31.5 Å². The van der Waals surface area contributed by atoms with Gasteiger partial charge in [0.2, 0.25) is 0 Å². The van der Waals surface area contributed by atoms with Crippen molar-refractivity contribution in [3.05, 3.63) is 107 Å². The Morgan fingerprint density at radius 2 is 1.15 bits per heavy atom. The fourth-order valence-corrected chi connectivity index (χ4v) is 8.25. The van der Waals surface area contributed by atoms with Gasteiger partial charge in [0.25, 0.3) is 25.7 Å². The highest BCUT2D eigenvalue weighted by atomic mass is 32.2. The molecular weight excluding hydrogens is 678 g/mol. The monoisotopic (exact) mass is 706 g/mol. The Hall–Kier alpha value is -5.04. The number of nitrogen functional groups attached to an aromatic ring is 1. The molecule has 2 heterocycles. The molecule has 4 N–H and O–H groups in total. The molecule has 14 nitrogen and oxygen atoms in total. The molecule has 2 aliphatic rings. The second-order valence-corrected chi connectivity index (χ2v) is 14.1. The minimum Gasteiger partial charge on any atom is -0.489 e. The predicted octanol–water partition coefficient (Wildman–Crippen LogP) is 3.04. The molecule has 2 atom stereocenters. The highest BCUT2D eigenvalue weighted by molar-refractivity contribution is 7.93. The number of ether oxygens (including phenoxy) is 2. The molecule has 48 heavy (non-hydrogen) atoms. The van der Waals surface area contributed by atoms with Crippen molar-refractivity contribution in [2.75, 3.05) is 40.8 Å². The first-order valence-electron chi connectivity index (χ1n) is 14.0. The number of nitro groups is 1. The van der Waals surface area contributed by atoms with E-state index >= 15 is 0 Å². The van der Waals surface area contributed by atoms with E-state index in [0.717, 1.165) is 51.1 Å². The van der Waals surface area contributed by atoms with E-state index in [1.165, 1.54) is 30.3 Å². The zero-order valence-electron chi connectivity index (χ0n) is 24.7. The number of non-ortho nitro benzene ring substituents is 1. The van der Waals surface area contributed by atoms with Crippen LogP contribution in [0.25, 0.3) is 0 Å². The van der Waals surface area contributed by atoms with Gasteiger partial charge in [0, 0.05) is 17.8 Å². The Balaban J connectivity index is 0.000000188. The number of fused-ring (bicyclic) bond motifs is 2. The maximum Gasteiger partial charge on any atom is 0.271 e. The summed E-state index contributed by atoms with van der Waals surface area (Å²) in [5, 5.41) is 30.1. The van der Waals surface area contributed by atoms with Gasteiger partial charge in [0.05, 0.1) is 33.6 Å². The molecule has 0 spiro atoms. The zero-order valence-corrected chi connectivity index (χ0v) is 26.4. The van der Waals surface area contributed by atoms with E-state index in [2.05, 4.69) is 0 Å². The summed E-state index contributed by atoms with van der Waals surface area (Å²) in [4.78, 5) is 10.1. The third-order valence-electron chi connectivity index (χ3n) is 7.30. The minimum atomic E-state index is -4.19. The van der Waals surface area contributed by atoms with Gasteiger partial charge in [-0.2, -0.15) is 0 Å². The highest BCUT2D eigenvalue weighted by Crippen LogP contribution is 2.41. The van der Waals surface area contributed by atoms with E-state index in [0.29, 0.717) is 11.4 Å². The van der Waals surface area contributed by atoms with Gasteiger partial charge in [-0.15, -0.1) is 0 Å². The first-order chi connectivity index (χ1) is 22.8. The van der Waals surface area contributed by atoms with E-state index < -0.39 is 61.9 Å².